The van der Waals surface area contributed by atoms with Crippen LogP contribution in [0.1, 0.15) is 5.56 Å². The second-order valence-corrected chi connectivity index (χ2v) is 6.98. The van der Waals surface area contributed by atoms with Gasteiger partial charge in [-0.15, -0.1) is 10.2 Å². The van der Waals surface area contributed by atoms with Gasteiger partial charge in [-0.1, -0.05) is 23.4 Å². The minimum Gasteiger partial charge on any atom is -0.497 e. The van der Waals surface area contributed by atoms with E-state index < -0.39 is 5.63 Å². The Morgan fingerprint density at radius 3 is 2.67 bits per heavy atom. The van der Waals surface area contributed by atoms with Crippen LogP contribution in [0.3, 0.4) is 0 Å². The van der Waals surface area contributed by atoms with Crippen LogP contribution in [0.2, 0.25) is 5.02 Å². The predicted molar refractivity (Wildman–Crippen MR) is 103 cm³/mol. The fourth-order valence-corrected chi connectivity index (χ4v) is 3.45. The van der Waals surface area contributed by atoms with Crippen LogP contribution in [0, 0.1) is 0 Å². The average Bonchev–Trinajstić information content (AvgIpc) is 3.15. The van der Waals surface area contributed by atoms with E-state index in [9.17, 15) is 4.79 Å². The molecule has 0 saturated heterocycles. The van der Waals surface area contributed by atoms with E-state index in [0.717, 1.165) is 16.5 Å². The van der Waals surface area contributed by atoms with Crippen molar-refractivity contribution in [2.45, 2.75) is 11.0 Å². The summed E-state index contributed by atoms with van der Waals surface area (Å²) in [5.74, 6) is 1.52. The number of hydrogen-bond donors (Lipinski definition) is 0. The van der Waals surface area contributed by atoms with Gasteiger partial charge in [-0.25, -0.2) is 4.79 Å². The van der Waals surface area contributed by atoms with Gasteiger partial charge < -0.3 is 13.6 Å². The van der Waals surface area contributed by atoms with Crippen LogP contribution in [-0.2, 0) is 5.75 Å². The van der Waals surface area contributed by atoms with E-state index in [4.69, 9.17) is 25.2 Å². The molecule has 0 bridgehead atoms. The van der Waals surface area contributed by atoms with Crippen LogP contribution in [0.5, 0.6) is 5.75 Å². The molecule has 0 saturated carbocycles. The van der Waals surface area contributed by atoms with Gasteiger partial charge >= 0.3 is 5.63 Å². The maximum atomic E-state index is 11.9. The molecule has 0 aliphatic heterocycles. The van der Waals surface area contributed by atoms with Crippen LogP contribution in [-0.4, -0.2) is 17.3 Å². The van der Waals surface area contributed by atoms with Gasteiger partial charge in [0, 0.05) is 33.9 Å². The molecule has 6 nitrogen and oxygen atoms in total. The molecule has 2 aromatic carbocycles. The molecule has 0 unspecified atom stereocenters. The van der Waals surface area contributed by atoms with E-state index in [-0.39, 0.29) is 0 Å². The molecule has 8 heteroatoms. The van der Waals surface area contributed by atoms with Crippen molar-refractivity contribution in [2.75, 3.05) is 7.11 Å². The molecule has 4 rings (SSSR count). The number of halogens is 1. The zero-order valence-electron chi connectivity index (χ0n) is 14.1. The van der Waals surface area contributed by atoms with E-state index in [0.29, 0.717) is 33.2 Å². The fourth-order valence-electron chi connectivity index (χ4n) is 2.57. The highest BCUT2D eigenvalue weighted by Gasteiger charge is 2.12. The molecule has 0 aliphatic rings. The third kappa shape index (κ3) is 3.84. The normalized spacial score (nSPS) is 11.0. The minimum atomic E-state index is -0.418. The van der Waals surface area contributed by atoms with Crippen LogP contribution in [0.4, 0.5) is 0 Å². The maximum Gasteiger partial charge on any atom is 0.336 e. The van der Waals surface area contributed by atoms with Crippen LogP contribution in [0.15, 0.2) is 67.4 Å². The number of aromatic nitrogens is 2. The number of rotatable bonds is 5. The smallest absolute Gasteiger partial charge is 0.336 e. The molecular weight excluding hydrogens is 388 g/mol. The van der Waals surface area contributed by atoms with Crippen molar-refractivity contribution < 1.29 is 13.6 Å². The summed E-state index contributed by atoms with van der Waals surface area (Å²) in [6.07, 6.45) is 0. The molecular formula is C19H13ClN2O4S. The maximum absolute atomic E-state index is 11.9. The summed E-state index contributed by atoms with van der Waals surface area (Å²) in [5, 5.41) is 9.99. The lowest BCUT2D eigenvalue weighted by Crippen LogP contribution is -2.00. The van der Waals surface area contributed by atoms with E-state index in [1.807, 2.05) is 24.3 Å². The van der Waals surface area contributed by atoms with Crippen molar-refractivity contribution in [3.8, 4) is 17.2 Å². The third-order valence-electron chi connectivity index (χ3n) is 3.89. The lowest BCUT2D eigenvalue weighted by atomic mass is 10.1. The number of hydrogen-bond acceptors (Lipinski definition) is 7. The number of thioether (sulfide) groups is 1. The number of benzene rings is 2. The second-order valence-electron chi connectivity index (χ2n) is 5.62. The first kappa shape index (κ1) is 17.6. The van der Waals surface area contributed by atoms with E-state index in [1.165, 1.54) is 17.8 Å². The molecule has 0 aliphatic carbocycles. The summed E-state index contributed by atoms with van der Waals surface area (Å²) < 4.78 is 16.1. The average molecular weight is 401 g/mol. The van der Waals surface area contributed by atoms with E-state index in [1.54, 1.807) is 25.3 Å². The van der Waals surface area contributed by atoms with Crippen LogP contribution in [0.25, 0.3) is 22.4 Å². The van der Waals surface area contributed by atoms with Gasteiger partial charge in [0.1, 0.15) is 11.3 Å². The van der Waals surface area contributed by atoms with Crippen molar-refractivity contribution in [1.82, 2.24) is 10.2 Å². The van der Waals surface area contributed by atoms with Crippen molar-refractivity contribution in [3.63, 3.8) is 0 Å². The topological polar surface area (TPSA) is 78.4 Å². The standard InChI is InChI=1S/C19H13ClN2O4S/c1-24-14-6-7-15-12(8-17(23)25-16(15)9-14)10-27-19-22-21-18(26-19)11-2-4-13(20)5-3-11/h2-9H,10H2,1H3. The minimum absolute atomic E-state index is 0.412. The Morgan fingerprint density at radius 1 is 1.07 bits per heavy atom. The lowest BCUT2D eigenvalue weighted by molar-refractivity contribution is 0.414. The Hall–Kier alpha value is -2.77. The molecule has 27 heavy (non-hydrogen) atoms. The summed E-state index contributed by atoms with van der Waals surface area (Å²) in [7, 11) is 1.56. The van der Waals surface area contributed by atoms with Gasteiger partial charge in [0.05, 0.1) is 7.11 Å². The van der Waals surface area contributed by atoms with Crippen LogP contribution >= 0.6 is 23.4 Å². The first-order valence-electron chi connectivity index (χ1n) is 7.95. The van der Waals surface area contributed by atoms with Crippen molar-refractivity contribution in [3.05, 3.63) is 69.5 Å². The zero-order valence-corrected chi connectivity index (χ0v) is 15.7. The molecule has 0 atom stereocenters. The zero-order chi connectivity index (χ0) is 18.8. The Balaban J connectivity index is 1.57. The molecule has 2 aromatic heterocycles. The molecule has 0 N–H and O–H groups in total. The number of nitrogens with zero attached hydrogens (tertiary/aromatic N) is 2. The van der Waals surface area contributed by atoms with E-state index >= 15 is 0 Å². The van der Waals surface area contributed by atoms with Crippen molar-refractivity contribution in [1.29, 1.82) is 0 Å². The quantitative estimate of drug-likeness (QED) is 0.351. The third-order valence-corrected chi connectivity index (χ3v) is 5.01. The Morgan fingerprint density at radius 2 is 1.89 bits per heavy atom. The Kier molecular flexibility index (Phi) is 4.87. The van der Waals surface area contributed by atoms with Gasteiger partial charge in [0.15, 0.2) is 0 Å². The van der Waals surface area contributed by atoms with Crippen LogP contribution < -0.4 is 10.4 Å². The van der Waals surface area contributed by atoms with Gasteiger partial charge in [-0.3, -0.25) is 0 Å². The summed E-state index contributed by atoms with van der Waals surface area (Å²) in [6, 6.07) is 14.0. The summed E-state index contributed by atoms with van der Waals surface area (Å²) in [5.41, 5.74) is 1.67. The van der Waals surface area contributed by atoms with Gasteiger partial charge in [-0.05, 0) is 42.0 Å². The highest BCUT2D eigenvalue weighted by atomic mass is 35.5. The highest BCUT2D eigenvalue weighted by Crippen LogP contribution is 2.29. The molecule has 0 fully saturated rings. The Bertz CT molecular complexity index is 1150. The number of methoxy groups -OCH3 is 1. The number of fused-ring (bicyclic) bond motifs is 1. The molecule has 0 radical (unpaired) electrons. The van der Waals surface area contributed by atoms with Gasteiger partial charge in [0.2, 0.25) is 5.89 Å². The monoisotopic (exact) mass is 400 g/mol. The second kappa shape index (κ2) is 7.46. The summed E-state index contributed by atoms with van der Waals surface area (Å²) >= 11 is 7.24. The van der Waals surface area contributed by atoms with Crippen molar-refractivity contribution >= 4 is 34.3 Å². The summed E-state index contributed by atoms with van der Waals surface area (Å²) in [4.78, 5) is 11.9. The largest absolute Gasteiger partial charge is 0.497 e. The lowest BCUT2D eigenvalue weighted by Gasteiger charge is -2.05. The molecule has 0 spiro atoms. The number of ether oxygens (including phenoxy) is 1. The first-order chi connectivity index (χ1) is 13.1. The van der Waals surface area contributed by atoms with Gasteiger partial charge in [0.25, 0.3) is 5.22 Å². The summed E-state index contributed by atoms with van der Waals surface area (Å²) in [6.45, 7) is 0. The fraction of sp³-hybridized carbons (Fsp3) is 0.105. The molecule has 0 amide bonds. The van der Waals surface area contributed by atoms with Gasteiger partial charge in [-0.2, -0.15) is 0 Å². The predicted octanol–water partition coefficient (Wildman–Crippen LogP) is 4.80. The highest BCUT2D eigenvalue weighted by molar-refractivity contribution is 7.98. The van der Waals surface area contributed by atoms with E-state index in [2.05, 4.69) is 10.2 Å². The van der Waals surface area contributed by atoms with Crippen molar-refractivity contribution in [2.24, 2.45) is 0 Å². The molecule has 136 valence electrons. The Labute approximate surface area is 163 Å². The SMILES string of the molecule is COc1ccc2c(CSc3nnc(-c4ccc(Cl)cc4)o3)cc(=O)oc2c1. The molecule has 4 aromatic rings. The molecule has 2 heterocycles. The first-order valence-corrected chi connectivity index (χ1v) is 9.32.